The molecule has 0 saturated heterocycles. The van der Waals surface area contributed by atoms with Crippen LogP contribution in [0.5, 0.6) is 0 Å². The summed E-state index contributed by atoms with van der Waals surface area (Å²) in [5, 5.41) is 3.98. The average molecular weight is 305 g/mol. The zero-order valence-electron chi connectivity index (χ0n) is 11.3. The summed E-state index contributed by atoms with van der Waals surface area (Å²) < 4.78 is 0.697. The summed E-state index contributed by atoms with van der Waals surface area (Å²) in [6, 6.07) is 6.38. The highest BCUT2D eigenvalue weighted by Crippen LogP contribution is 2.24. The molecule has 20 heavy (non-hydrogen) atoms. The third kappa shape index (κ3) is 2.54. The molecule has 0 radical (unpaired) electrons. The van der Waals surface area contributed by atoms with E-state index in [1.807, 2.05) is 18.5 Å². The minimum absolute atomic E-state index is 0.0443. The standard InChI is InChI=1S/C14H15N3OS2/c1-9(11-4-3-6-19-11)17(2)8-12-15-10-5-7-20-13(10)14(18)16-12/h3-7,9H,8H2,1-2H3,(H,15,16,18)/t9-/m0/s1. The first kappa shape index (κ1) is 13.5. The second-order valence-electron chi connectivity index (χ2n) is 4.75. The van der Waals surface area contributed by atoms with Crippen LogP contribution in [0.25, 0.3) is 10.2 Å². The number of thiophene rings is 2. The molecule has 0 spiro atoms. The van der Waals surface area contributed by atoms with Gasteiger partial charge in [0.1, 0.15) is 10.5 Å². The lowest BCUT2D eigenvalue weighted by Crippen LogP contribution is -2.24. The highest BCUT2D eigenvalue weighted by Gasteiger charge is 2.14. The lowest BCUT2D eigenvalue weighted by atomic mass is 10.2. The Bertz CT molecular complexity index is 760. The van der Waals surface area contributed by atoms with Crippen LogP contribution in [-0.2, 0) is 6.54 Å². The first-order valence-electron chi connectivity index (χ1n) is 6.35. The van der Waals surface area contributed by atoms with E-state index >= 15 is 0 Å². The predicted molar refractivity (Wildman–Crippen MR) is 84.4 cm³/mol. The van der Waals surface area contributed by atoms with Crippen LogP contribution in [0.2, 0.25) is 0 Å². The summed E-state index contributed by atoms with van der Waals surface area (Å²) >= 11 is 3.17. The number of H-pyrrole nitrogens is 1. The zero-order valence-corrected chi connectivity index (χ0v) is 12.9. The molecular weight excluding hydrogens is 290 g/mol. The zero-order chi connectivity index (χ0) is 14.1. The number of rotatable bonds is 4. The summed E-state index contributed by atoms with van der Waals surface area (Å²) in [6.45, 7) is 2.78. The third-order valence-electron chi connectivity index (χ3n) is 3.38. The molecule has 0 amide bonds. The van der Waals surface area contributed by atoms with Gasteiger partial charge in [-0.3, -0.25) is 9.69 Å². The van der Waals surface area contributed by atoms with E-state index in [-0.39, 0.29) is 5.56 Å². The summed E-state index contributed by atoms with van der Waals surface area (Å²) in [7, 11) is 2.04. The fourth-order valence-electron chi connectivity index (χ4n) is 2.12. The monoisotopic (exact) mass is 305 g/mol. The van der Waals surface area contributed by atoms with E-state index in [1.165, 1.54) is 16.2 Å². The topological polar surface area (TPSA) is 49.0 Å². The summed E-state index contributed by atoms with van der Waals surface area (Å²) in [6.07, 6.45) is 0. The van der Waals surface area contributed by atoms with E-state index in [1.54, 1.807) is 11.3 Å². The summed E-state index contributed by atoms with van der Waals surface area (Å²) in [5.74, 6) is 0.715. The third-order valence-corrected chi connectivity index (χ3v) is 5.32. The van der Waals surface area contributed by atoms with Gasteiger partial charge < -0.3 is 4.98 Å². The van der Waals surface area contributed by atoms with Gasteiger partial charge in [0.2, 0.25) is 0 Å². The molecule has 1 N–H and O–H groups in total. The van der Waals surface area contributed by atoms with Gasteiger partial charge in [0.15, 0.2) is 0 Å². The summed E-state index contributed by atoms with van der Waals surface area (Å²) in [5.41, 5.74) is 0.739. The number of aromatic nitrogens is 2. The Morgan fingerprint density at radius 1 is 1.35 bits per heavy atom. The Hall–Kier alpha value is -1.50. The molecular formula is C14H15N3OS2. The van der Waals surface area contributed by atoms with Crippen LogP contribution >= 0.6 is 22.7 Å². The molecule has 3 aromatic heterocycles. The van der Waals surface area contributed by atoms with Crippen molar-refractivity contribution in [3.05, 3.63) is 50.0 Å². The average Bonchev–Trinajstić information content (AvgIpc) is 3.08. The van der Waals surface area contributed by atoms with Crippen molar-refractivity contribution in [2.45, 2.75) is 19.5 Å². The minimum Gasteiger partial charge on any atom is -0.308 e. The van der Waals surface area contributed by atoms with E-state index in [2.05, 4.69) is 39.3 Å². The molecule has 0 aromatic carbocycles. The molecule has 1 atom stereocenters. The Labute approximate surface area is 124 Å². The Morgan fingerprint density at radius 3 is 2.95 bits per heavy atom. The van der Waals surface area contributed by atoms with Crippen LogP contribution in [0, 0.1) is 0 Å². The van der Waals surface area contributed by atoms with Gasteiger partial charge in [-0.1, -0.05) is 6.07 Å². The van der Waals surface area contributed by atoms with Crippen LogP contribution in [0.4, 0.5) is 0 Å². The second-order valence-corrected chi connectivity index (χ2v) is 6.65. The maximum Gasteiger partial charge on any atom is 0.268 e. The Morgan fingerprint density at radius 2 is 2.20 bits per heavy atom. The highest BCUT2D eigenvalue weighted by molar-refractivity contribution is 7.17. The van der Waals surface area contributed by atoms with Gasteiger partial charge in [0.25, 0.3) is 5.56 Å². The number of fused-ring (bicyclic) bond motifs is 1. The smallest absolute Gasteiger partial charge is 0.268 e. The molecule has 4 nitrogen and oxygen atoms in total. The van der Waals surface area contributed by atoms with E-state index in [0.29, 0.717) is 23.1 Å². The molecule has 0 fully saturated rings. The number of nitrogens with one attached hydrogen (secondary N) is 1. The quantitative estimate of drug-likeness (QED) is 0.805. The van der Waals surface area contributed by atoms with Crippen molar-refractivity contribution in [1.29, 1.82) is 0 Å². The van der Waals surface area contributed by atoms with Gasteiger partial charge in [-0.05, 0) is 36.9 Å². The van der Waals surface area contributed by atoms with Crippen LogP contribution in [0.15, 0.2) is 33.8 Å². The predicted octanol–water partition coefficient (Wildman–Crippen LogP) is 3.24. The van der Waals surface area contributed by atoms with Gasteiger partial charge >= 0.3 is 0 Å². The maximum absolute atomic E-state index is 11.9. The van der Waals surface area contributed by atoms with Crippen molar-refractivity contribution in [3.63, 3.8) is 0 Å². The minimum atomic E-state index is -0.0443. The van der Waals surface area contributed by atoms with Gasteiger partial charge in [0, 0.05) is 10.9 Å². The van der Waals surface area contributed by atoms with Gasteiger partial charge in [-0.25, -0.2) is 4.98 Å². The molecule has 3 heterocycles. The van der Waals surface area contributed by atoms with E-state index < -0.39 is 0 Å². The van der Waals surface area contributed by atoms with Gasteiger partial charge in [-0.2, -0.15) is 0 Å². The van der Waals surface area contributed by atoms with Gasteiger partial charge in [-0.15, -0.1) is 22.7 Å². The van der Waals surface area contributed by atoms with Crippen molar-refractivity contribution in [2.24, 2.45) is 0 Å². The highest BCUT2D eigenvalue weighted by atomic mass is 32.1. The van der Waals surface area contributed by atoms with Crippen molar-refractivity contribution in [1.82, 2.24) is 14.9 Å². The largest absolute Gasteiger partial charge is 0.308 e. The van der Waals surface area contributed by atoms with Crippen LogP contribution in [0.3, 0.4) is 0 Å². The molecule has 0 aliphatic heterocycles. The van der Waals surface area contributed by atoms with E-state index in [9.17, 15) is 4.79 Å². The van der Waals surface area contributed by atoms with Gasteiger partial charge in [0.05, 0.1) is 12.1 Å². The SMILES string of the molecule is C[C@@H](c1cccs1)N(C)Cc1nc2ccsc2c(=O)[nH]1. The van der Waals surface area contributed by atoms with Crippen LogP contribution in [-0.4, -0.2) is 21.9 Å². The molecule has 3 aromatic rings. The van der Waals surface area contributed by atoms with E-state index in [0.717, 1.165) is 5.52 Å². The number of aromatic amines is 1. The lowest BCUT2D eigenvalue weighted by Gasteiger charge is -2.23. The molecule has 0 unspecified atom stereocenters. The molecule has 3 rings (SSSR count). The Kier molecular flexibility index (Phi) is 3.69. The van der Waals surface area contributed by atoms with Crippen molar-refractivity contribution in [3.8, 4) is 0 Å². The van der Waals surface area contributed by atoms with Crippen molar-refractivity contribution >= 4 is 32.9 Å². The fraction of sp³-hybridized carbons (Fsp3) is 0.286. The van der Waals surface area contributed by atoms with E-state index in [4.69, 9.17) is 0 Å². The van der Waals surface area contributed by atoms with Crippen LogP contribution in [0.1, 0.15) is 23.7 Å². The maximum atomic E-state index is 11.9. The fourth-order valence-corrected chi connectivity index (χ4v) is 3.69. The number of hydrogen-bond acceptors (Lipinski definition) is 5. The van der Waals surface area contributed by atoms with Crippen LogP contribution < -0.4 is 5.56 Å². The first-order valence-corrected chi connectivity index (χ1v) is 8.11. The molecule has 0 bridgehead atoms. The molecule has 0 aliphatic carbocycles. The molecule has 104 valence electrons. The number of hydrogen-bond donors (Lipinski definition) is 1. The first-order chi connectivity index (χ1) is 9.65. The molecule has 6 heteroatoms. The lowest BCUT2D eigenvalue weighted by molar-refractivity contribution is 0.250. The second kappa shape index (κ2) is 5.47. The van der Waals surface area contributed by atoms with Crippen molar-refractivity contribution in [2.75, 3.05) is 7.05 Å². The number of nitrogens with zero attached hydrogens (tertiary/aromatic N) is 2. The van der Waals surface area contributed by atoms with Crippen molar-refractivity contribution < 1.29 is 0 Å². The summed E-state index contributed by atoms with van der Waals surface area (Å²) in [4.78, 5) is 22.8. The molecule has 0 aliphatic rings. The normalized spacial score (nSPS) is 13.2. The Balaban J connectivity index is 1.83. The molecule has 0 saturated carbocycles.